The molecule has 2 heterocycles. The normalized spacial score (nSPS) is 16.7. The molecule has 2 aromatic rings. The highest BCUT2D eigenvalue weighted by atomic mass is 32.2. The average Bonchev–Trinajstić information content (AvgIpc) is 2.80. The lowest BCUT2D eigenvalue weighted by Gasteiger charge is -2.34. The van der Waals surface area contributed by atoms with E-state index in [1.807, 2.05) is 42.5 Å². The van der Waals surface area contributed by atoms with Crippen molar-refractivity contribution in [3.63, 3.8) is 0 Å². The van der Waals surface area contributed by atoms with E-state index in [2.05, 4.69) is 17.0 Å². The van der Waals surface area contributed by atoms with Crippen molar-refractivity contribution in [2.45, 2.75) is 11.4 Å². The predicted octanol–water partition coefficient (Wildman–Crippen LogP) is 2.01. The van der Waals surface area contributed by atoms with Crippen molar-refractivity contribution in [1.29, 1.82) is 0 Å². The molecule has 2 aliphatic rings. The summed E-state index contributed by atoms with van der Waals surface area (Å²) in [6, 6.07) is 17.7. The lowest BCUT2D eigenvalue weighted by Crippen LogP contribution is -2.49. The van der Waals surface area contributed by atoms with Crippen LogP contribution >= 0.6 is 11.8 Å². The van der Waals surface area contributed by atoms with E-state index in [1.54, 1.807) is 4.90 Å². The van der Waals surface area contributed by atoms with Crippen LogP contribution in [0.5, 0.6) is 0 Å². The van der Waals surface area contributed by atoms with Gasteiger partial charge in [-0.25, -0.2) is 0 Å². The van der Waals surface area contributed by atoms with Gasteiger partial charge >= 0.3 is 5.97 Å². The first-order valence-corrected chi connectivity index (χ1v) is 11.3. The summed E-state index contributed by atoms with van der Waals surface area (Å²) in [4.78, 5) is 43.5. The van der Waals surface area contributed by atoms with Gasteiger partial charge in [0, 0.05) is 37.6 Å². The summed E-state index contributed by atoms with van der Waals surface area (Å²) in [5, 5.41) is 0. The molecule has 1 saturated heterocycles. The summed E-state index contributed by atoms with van der Waals surface area (Å²) in [6.45, 7) is 3.17. The molecule has 0 bridgehead atoms. The van der Waals surface area contributed by atoms with Gasteiger partial charge in [0.15, 0.2) is 6.61 Å². The maximum Gasteiger partial charge on any atom is 0.326 e. The Hall–Kier alpha value is -2.84. The molecule has 2 aliphatic heterocycles. The molecule has 162 valence electrons. The molecular weight excluding hydrogens is 414 g/mol. The van der Waals surface area contributed by atoms with Crippen LogP contribution in [0.4, 0.5) is 5.69 Å². The number of para-hydroxylation sites is 1. The molecule has 0 N–H and O–H groups in total. The Kier molecular flexibility index (Phi) is 6.89. The summed E-state index contributed by atoms with van der Waals surface area (Å²) >= 11 is 1.46. The molecule has 0 saturated carbocycles. The molecule has 0 radical (unpaired) electrons. The van der Waals surface area contributed by atoms with Crippen LogP contribution in [0.3, 0.4) is 0 Å². The summed E-state index contributed by atoms with van der Waals surface area (Å²) in [5.41, 5.74) is 1.96. The fraction of sp³-hybridized carbons (Fsp3) is 0.348. The van der Waals surface area contributed by atoms with Crippen LogP contribution in [0.15, 0.2) is 59.5 Å². The van der Waals surface area contributed by atoms with Crippen LogP contribution < -0.4 is 4.90 Å². The molecule has 0 unspecified atom stereocenters. The Bertz CT molecular complexity index is 945. The minimum absolute atomic E-state index is 0.137. The number of nitrogens with zero attached hydrogens (tertiary/aromatic N) is 3. The summed E-state index contributed by atoms with van der Waals surface area (Å²) < 4.78 is 5.20. The fourth-order valence-corrected chi connectivity index (χ4v) is 4.67. The van der Waals surface area contributed by atoms with Crippen molar-refractivity contribution in [3.8, 4) is 0 Å². The first-order valence-electron chi connectivity index (χ1n) is 10.3. The van der Waals surface area contributed by atoms with Crippen LogP contribution in [0.25, 0.3) is 0 Å². The van der Waals surface area contributed by atoms with Crippen LogP contribution in [0.1, 0.15) is 5.56 Å². The minimum Gasteiger partial charge on any atom is -0.454 e. The Morgan fingerprint density at radius 2 is 1.65 bits per heavy atom. The Morgan fingerprint density at radius 1 is 0.935 bits per heavy atom. The number of ether oxygens (including phenoxy) is 1. The van der Waals surface area contributed by atoms with Gasteiger partial charge in [-0.1, -0.05) is 42.5 Å². The Labute approximate surface area is 185 Å². The number of anilines is 1. The number of esters is 1. The zero-order chi connectivity index (χ0) is 21.6. The van der Waals surface area contributed by atoms with E-state index in [-0.39, 0.29) is 30.7 Å². The number of carbonyl (C=O) groups excluding carboxylic acids is 3. The number of piperazine rings is 1. The van der Waals surface area contributed by atoms with Gasteiger partial charge in [0.05, 0.1) is 11.4 Å². The molecule has 0 spiro atoms. The smallest absolute Gasteiger partial charge is 0.326 e. The van der Waals surface area contributed by atoms with E-state index in [0.717, 1.165) is 24.5 Å². The van der Waals surface area contributed by atoms with Gasteiger partial charge in [-0.3, -0.25) is 24.2 Å². The first-order chi connectivity index (χ1) is 15.1. The Balaban J connectivity index is 1.22. The van der Waals surface area contributed by atoms with E-state index in [4.69, 9.17) is 4.74 Å². The maximum absolute atomic E-state index is 12.5. The predicted molar refractivity (Wildman–Crippen MR) is 119 cm³/mol. The van der Waals surface area contributed by atoms with Gasteiger partial charge in [0.25, 0.3) is 5.91 Å². The third kappa shape index (κ3) is 5.45. The van der Waals surface area contributed by atoms with Gasteiger partial charge in [-0.05, 0) is 17.7 Å². The molecule has 0 atom stereocenters. The van der Waals surface area contributed by atoms with Crippen molar-refractivity contribution in [2.24, 2.45) is 0 Å². The fourth-order valence-electron chi connectivity index (χ4n) is 3.73. The molecule has 2 aromatic carbocycles. The van der Waals surface area contributed by atoms with Gasteiger partial charge in [0.1, 0.15) is 6.54 Å². The highest BCUT2D eigenvalue weighted by Crippen LogP contribution is 2.34. The van der Waals surface area contributed by atoms with Crippen molar-refractivity contribution in [2.75, 3.05) is 50.0 Å². The van der Waals surface area contributed by atoms with E-state index in [9.17, 15) is 14.4 Å². The number of fused-ring (bicyclic) bond motifs is 1. The monoisotopic (exact) mass is 439 g/mol. The first kappa shape index (κ1) is 21.4. The third-order valence-corrected chi connectivity index (χ3v) is 6.47. The number of amides is 2. The van der Waals surface area contributed by atoms with Gasteiger partial charge in [0.2, 0.25) is 5.91 Å². The summed E-state index contributed by atoms with van der Waals surface area (Å²) in [6.07, 6.45) is 0. The molecule has 2 amide bonds. The molecule has 8 heteroatoms. The van der Waals surface area contributed by atoms with Crippen LogP contribution in [-0.2, 0) is 25.7 Å². The molecule has 0 aromatic heterocycles. The maximum atomic E-state index is 12.5. The molecular formula is C23H25N3O4S. The molecule has 31 heavy (non-hydrogen) atoms. The lowest BCUT2D eigenvalue weighted by molar-refractivity contribution is -0.151. The number of hydrogen-bond donors (Lipinski definition) is 0. The van der Waals surface area contributed by atoms with E-state index in [0.29, 0.717) is 18.8 Å². The van der Waals surface area contributed by atoms with Gasteiger partial charge in [-0.2, -0.15) is 0 Å². The molecule has 0 aliphatic carbocycles. The topological polar surface area (TPSA) is 70.2 Å². The minimum atomic E-state index is -0.578. The number of thioether (sulfide) groups is 1. The second kappa shape index (κ2) is 9.98. The SMILES string of the molecule is O=C(CN1C(=O)CSc2ccccc21)OCC(=O)N1CCN(Cc2ccccc2)CC1. The van der Waals surface area contributed by atoms with Crippen molar-refractivity contribution < 1.29 is 19.1 Å². The summed E-state index contributed by atoms with van der Waals surface area (Å²) in [5.74, 6) is -0.627. The second-order valence-electron chi connectivity index (χ2n) is 7.54. The quantitative estimate of drug-likeness (QED) is 0.642. The van der Waals surface area contributed by atoms with Crippen molar-refractivity contribution in [1.82, 2.24) is 9.80 Å². The molecule has 4 rings (SSSR count). The standard InChI is InChI=1S/C23H25N3O4S/c27-21(25-12-10-24(11-13-25)14-18-6-2-1-3-7-18)16-30-23(29)15-26-19-8-4-5-9-20(19)31-17-22(26)28/h1-9H,10-17H2. The molecule has 7 nitrogen and oxygen atoms in total. The van der Waals surface area contributed by atoms with E-state index >= 15 is 0 Å². The highest BCUT2D eigenvalue weighted by molar-refractivity contribution is 8.00. The summed E-state index contributed by atoms with van der Waals surface area (Å²) in [7, 11) is 0. The molecule has 1 fully saturated rings. The lowest BCUT2D eigenvalue weighted by atomic mass is 10.2. The number of hydrogen-bond acceptors (Lipinski definition) is 6. The zero-order valence-electron chi connectivity index (χ0n) is 17.2. The van der Waals surface area contributed by atoms with Crippen LogP contribution in [0, 0.1) is 0 Å². The van der Waals surface area contributed by atoms with Crippen LogP contribution in [0.2, 0.25) is 0 Å². The number of carbonyl (C=O) groups is 3. The van der Waals surface area contributed by atoms with Crippen molar-refractivity contribution in [3.05, 3.63) is 60.2 Å². The van der Waals surface area contributed by atoms with Crippen LogP contribution in [-0.4, -0.2) is 72.7 Å². The second-order valence-corrected chi connectivity index (χ2v) is 8.56. The highest BCUT2D eigenvalue weighted by Gasteiger charge is 2.27. The van der Waals surface area contributed by atoms with E-state index in [1.165, 1.54) is 22.2 Å². The van der Waals surface area contributed by atoms with E-state index < -0.39 is 5.97 Å². The average molecular weight is 440 g/mol. The van der Waals surface area contributed by atoms with Gasteiger partial charge in [-0.15, -0.1) is 11.8 Å². The van der Waals surface area contributed by atoms with Gasteiger partial charge < -0.3 is 9.64 Å². The van der Waals surface area contributed by atoms with Crippen molar-refractivity contribution >= 4 is 35.2 Å². The Morgan fingerprint density at radius 3 is 2.42 bits per heavy atom. The largest absolute Gasteiger partial charge is 0.454 e. The number of rotatable bonds is 6. The third-order valence-electron chi connectivity index (χ3n) is 5.43. The number of benzene rings is 2. The zero-order valence-corrected chi connectivity index (χ0v) is 18.1.